The molecule has 3 atom stereocenters. The first kappa shape index (κ1) is 10.7. The number of piperidine rings is 2. The number of hydrogen-bond donors (Lipinski definition) is 0. The van der Waals surface area contributed by atoms with Crippen molar-refractivity contribution in [1.82, 2.24) is 4.90 Å². The van der Waals surface area contributed by atoms with E-state index in [1.54, 1.807) is 0 Å². The van der Waals surface area contributed by atoms with Crippen molar-refractivity contribution in [1.29, 1.82) is 0 Å². The SMILES string of the molecule is O=C1CC2CCCC(C1)N2C1CCCOC1. The van der Waals surface area contributed by atoms with Crippen molar-refractivity contribution in [2.45, 2.75) is 63.1 Å². The molecule has 3 saturated heterocycles. The molecule has 3 heterocycles. The number of carbonyl (C=O) groups is 1. The summed E-state index contributed by atoms with van der Waals surface area (Å²) in [5, 5.41) is 0. The Morgan fingerprint density at radius 1 is 1.00 bits per heavy atom. The molecule has 16 heavy (non-hydrogen) atoms. The molecule has 3 aliphatic rings. The van der Waals surface area contributed by atoms with Crippen molar-refractivity contribution < 1.29 is 9.53 Å². The number of ketones is 1. The minimum atomic E-state index is 0.489. The van der Waals surface area contributed by atoms with Gasteiger partial charge in [-0.15, -0.1) is 0 Å². The first-order valence-electron chi connectivity index (χ1n) is 6.71. The van der Waals surface area contributed by atoms with Gasteiger partial charge in [0.1, 0.15) is 5.78 Å². The van der Waals surface area contributed by atoms with Crippen LogP contribution in [0.25, 0.3) is 0 Å². The lowest BCUT2D eigenvalue weighted by Crippen LogP contribution is -2.58. The number of fused-ring (bicyclic) bond motifs is 2. The Hall–Kier alpha value is -0.410. The third kappa shape index (κ3) is 1.91. The molecule has 0 aromatic carbocycles. The van der Waals surface area contributed by atoms with Gasteiger partial charge in [-0.05, 0) is 25.7 Å². The maximum atomic E-state index is 11.6. The maximum absolute atomic E-state index is 11.6. The van der Waals surface area contributed by atoms with Crippen LogP contribution in [0.2, 0.25) is 0 Å². The highest BCUT2D eigenvalue weighted by Gasteiger charge is 2.41. The first-order chi connectivity index (χ1) is 7.84. The average molecular weight is 223 g/mol. The van der Waals surface area contributed by atoms with Gasteiger partial charge in [-0.3, -0.25) is 9.69 Å². The van der Waals surface area contributed by atoms with Gasteiger partial charge in [0.15, 0.2) is 0 Å². The molecule has 3 heteroatoms. The Labute approximate surface area is 97.1 Å². The molecule has 0 aromatic rings. The minimum Gasteiger partial charge on any atom is -0.380 e. The molecule has 0 amide bonds. The molecular weight excluding hydrogens is 202 g/mol. The molecule has 0 radical (unpaired) electrons. The van der Waals surface area contributed by atoms with E-state index in [0.29, 0.717) is 23.9 Å². The summed E-state index contributed by atoms with van der Waals surface area (Å²) in [6.45, 7) is 1.82. The fourth-order valence-electron chi connectivity index (χ4n) is 3.76. The van der Waals surface area contributed by atoms with Crippen LogP contribution in [-0.4, -0.2) is 42.0 Å². The van der Waals surface area contributed by atoms with Crippen LogP contribution >= 0.6 is 0 Å². The van der Waals surface area contributed by atoms with Gasteiger partial charge in [0.05, 0.1) is 6.61 Å². The summed E-state index contributed by atoms with van der Waals surface area (Å²) in [7, 11) is 0. The van der Waals surface area contributed by atoms with E-state index in [1.807, 2.05) is 0 Å². The van der Waals surface area contributed by atoms with Crippen LogP contribution in [0.5, 0.6) is 0 Å². The zero-order chi connectivity index (χ0) is 11.0. The van der Waals surface area contributed by atoms with Crippen molar-refractivity contribution in [2.24, 2.45) is 0 Å². The van der Waals surface area contributed by atoms with E-state index in [-0.39, 0.29) is 0 Å². The largest absolute Gasteiger partial charge is 0.380 e. The van der Waals surface area contributed by atoms with Crippen LogP contribution in [0.3, 0.4) is 0 Å². The lowest BCUT2D eigenvalue weighted by molar-refractivity contribution is -0.131. The molecule has 3 rings (SSSR count). The van der Waals surface area contributed by atoms with E-state index in [2.05, 4.69) is 4.90 Å². The summed E-state index contributed by atoms with van der Waals surface area (Å²) in [6.07, 6.45) is 7.81. The van der Waals surface area contributed by atoms with E-state index in [1.165, 1.54) is 32.1 Å². The number of carbonyl (C=O) groups excluding carboxylic acids is 1. The Kier molecular flexibility index (Phi) is 2.99. The summed E-state index contributed by atoms with van der Waals surface area (Å²) < 4.78 is 5.60. The Morgan fingerprint density at radius 3 is 2.31 bits per heavy atom. The summed E-state index contributed by atoms with van der Waals surface area (Å²) in [5.74, 6) is 0.489. The van der Waals surface area contributed by atoms with Crippen LogP contribution in [0.15, 0.2) is 0 Å². The molecule has 0 saturated carbocycles. The number of ether oxygens (including phenoxy) is 1. The molecule has 0 spiro atoms. The van der Waals surface area contributed by atoms with E-state index in [9.17, 15) is 4.79 Å². The van der Waals surface area contributed by atoms with E-state index in [0.717, 1.165) is 26.1 Å². The van der Waals surface area contributed by atoms with E-state index >= 15 is 0 Å². The third-order valence-corrected chi connectivity index (χ3v) is 4.40. The molecule has 3 aliphatic heterocycles. The average Bonchev–Trinajstić information content (AvgIpc) is 2.29. The van der Waals surface area contributed by atoms with Crippen LogP contribution in [-0.2, 0) is 9.53 Å². The van der Waals surface area contributed by atoms with Gasteiger partial charge in [0, 0.05) is 37.6 Å². The van der Waals surface area contributed by atoms with Gasteiger partial charge in [-0.2, -0.15) is 0 Å². The van der Waals surface area contributed by atoms with E-state index in [4.69, 9.17) is 4.74 Å². The molecule has 2 bridgehead atoms. The lowest BCUT2D eigenvalue weighted by atomic mass is 9.82. The van der Waals surface area contributed by atoms with Crippen molar-refractivity contribution in [3.63, 3.8) is 0 Å². The molecule has 0 aliphatic carbocycles. The molecule has 0 aromatic heterocycles. The van der Waals surface area contributed by atoms with Crippen molar-refractivity contribution in [3.05, 3.63) is 0 Å². The summed E-state index contributed by atoms with van der Waals surface area (Å²) in [5.41, 5.74) is 0. The lowest BCUT2D eigenvalue weighted by Gasteiger charge is -2.50. The van der Waals surface area contributed by atoms with Crippen LogP contribution in [0, 0.1) is 0 Å². The van der Waals surface area contributed by atoms with Gasteiger partial charge < -0.3 is 4.74 Å². The zero-order valence-corrected chi connectivity index (χ0v) is 9.86. The van der Waals surface area contributed by atoms with Crippen molar-refractivity contribution >= 4 is 5.78 Å². The minimum absolute atomic E-state index is 0.489. The Morgan fingerprint density at radius 2 is 1.69 bits per heavy atom. The van der Waals surface area contributed by atoms with E-state index < -0.39 is 0 Å². The standard InChI is InChI=1S/C13H21NO2/c15-13-7-10-3-1-4-11(8-13)14(10)12-5-2-6-16-9-12/h10-12H,1-9H2. The topological polar surface area (TPSA) is 29.5 Å². The van der Waals surface area contributed by atoms with Crippen LogP contribution in [0.4, 0.5) is 0 Å². The molecule has 3 nitrogen and oxygen atoms in total. The maximum Gasteiger partial charge on any atom is 0.136 e. The second-order valence-corrected chi connectivity index (χ2v) is 5.50. The highest BCUT2D eigenvalue weighted by Crippen LogP contribution is 2.35. The fourth-order valence-corrected chi connectivity index (χ4v) is 3.76. The van der Waals surface area contributed by atoms with Crippen LogP contribution < -0.4 is 0 Å². The number of hydrogen-bond acceptors (Lipinski definition) is 3. The Bertz CT molecular complexity index is 257. The van der Waals surface area contributed by atoms with Gasteiger partial charge in [-0.25, -0.2) is 0 Å². The predicted molar refractivity (Wildman–Crippen MR) is 61.3 cm³/mol. The molecule has 90 valence electrons. The van der Waals surface area contributed by atoms with Crippen LogP contribution in [0.1, 0.15) is 44.9 Å². The summed E-state index contributed by atoms with van der Waals surface area (Å²) >= 11 is 0. The normalized spacial score (nSPS) is 41.0. The number of nitrogens with zero attached hydrogens (tertiary/aromatic N) is 1. The highest BCUT2D eigenvalue weighted by molar-refractivity contribution is 5.80. The highest BCUT2D eigenvalue weighted by atomic mass is 16.5. The Balaban J connectivity index is 1.75. The summed E-state index contributed by atoms with van der Waals surface area (Å²) in [4.78, 5) is 14.3. The number of rotatable bonds is 1. The molecule has 3 fully saturated rings. The molecular formula is C13H21NO2. The van der Waals surface area contributed by atoms with Crippen molar-refractivity contribution in [3.8, 4) is 0 Å². The predicted octanol–water partition coefficient (Wildman–Crippen LogP) is 1.75. The second-order valence-electron chi connectivity index (χ2n) is 5.50. The molecule has 3 unspecified atom stereocenters. The van der Waals surface area contributed by atoms with Crippen molar-refractivity contribution in [2.75, 3.05) is 13.2 Å². The second kappa shape index (κ2) is 4.46. The van der Waals surface area contributed by atoms with Gasteiger partial charge in [-0.1, -0.05) is 6.42 Å². The van der Waals surface area contributed by atoms with Gasteiger partial charge in [0.25, 0.3) is 0 Å². The molecule has 0 N–H and O–H groups in total. The smallest absolute Gasteiger partial charge is 0.136 e. The summed E-state index contributed by atoms with van der Waals surface area (Å²) in [6, 6.07) is 1.66. The quantitative estimate of drug-likeness (QED) is 0.678. The third-order valence-electron chi connectivity index (χ3n) is 4.40. The van der Waals surface area contributed by atoms with Gasteiger partial charge in [0.2, 0.25) is 0 Å². The monoisotopic (exact) mass is 223 g/mol. The van der Waals surface area contributed by atoms with Gasteiger partial charge >= 0.3 is 0 Å². The first-order valence-corrected chi connectivity index (χ1v) is 6.71. The fraction of sp³-hybridized carbons (Fsp3) is 0.923. The zero-order valence-electron chi connectivity index (χ0n) is 9.86. The number of Topliss-reactive ketones (excluding diaryl/α,β-unsaturated/α-hetero) is 1.